The van der Waals surface area contributed by atoms with E-state index in [2.05, 4.69) is 9.97 Å². The number of hydrogen-bond donors (Lipinski definition) is 1. The van der Waals surface area contributed by atoms with Crippen molar-refractivity contribution in [3.8, 4) is 11.5 Å². The van der Waals surface area contributed by atoms with Crippen LogP contribution in [0.3, 0.4) is 0 Å². The lowest BCUT2D eigenvalue weighted by Gasteiger charge is -2.22. The fourth-order valence-electron chi connectivity index (χ4n) is 4.43. The molecule has 1 amide bonds. The third kappa shape index (κ3) is 5.09. The Kier molecular flexibility index (Phi) is 7.24. The number of ether oxygens (including phenoxy) is 3. The van der Waals surface area contributed by atoms with E-state index in [0.717, 1.165) is 24.0 Å². The quantitative estimate of drug-likeness (QED) is 0.329. The zero-order valence-corrected chi connectivity index (χ0v) is 22.1. The van der Waals surface area contributed by atoms with Crippen molar-refractivity contribution in [2.45, 2.75) is 32.0 Å². The molecule has 2 aromatic heterocycles. The minimum absolute atomic E-state index is 0.204. The molecule has 3 heterocycles. The number of nitrogens with one attached hydrogen (secondary N) is 1. The Hall–Kier alpha value is -3.70. The first-order chi connectivity index (χ1) is 18.0. The molecule has 1 aliphatic rings. The molecule has 1 N–H and O–H groups in total. The van der Waals surface area contributed by atoms with Crippen LogP contribution in [0.25, 0.3) is 10.3 Å². The van der Waals surface area contributed by atoms with Crippen LogP contribution in [0.4, 0.5) is 4.79 Å². The second-order valence-electron chi connectivity index (χ2n) is 8.62. The maximum Gasteiger partial charge on any atom is 0.410 e. The summed E-state index contributed by atoms with van der Waals surface area (Å²) in [4.78, 5) is 36.4. The van der Waals surface area contributed by atoms with Crippen molar-refractivity contribution in [1.82, 2.24) is 19.4 Å². The molecular formula is C26H26N4O5S2. The number of fused-ring (bicyclic) bond motifs is 1. The van der Waals surface area contributed by atoms with E-state index in [9.17, 15) is 9.59 Å². The molecule has 0 aliphatic carbocycles. The number of likely N-dealkylation sites (tertiary alicyclic amines) is 1. The maximum absolute atomic E-state index is 13.4. The summed E-state index contributed by atoms with van der Waals surface area (Å²) in [7, 11) is 3.15. The highest BCUT2D eigenvalue weighted by Crippen LogP contribution is 2.36. The predicted molar refractivity (Wildman–Crippen MR) is 143 cm³/mol. The minimum atomic E-state index is -0.387. The van der Waals surface area contributed by atoms with Gasteiger partial charge in [-0.3, -0.25) is 14.3 Å². The highest BCUT2D eigenvalue weighted by atomic mass is 32.1. The first kappa shape index (κ1) is 25.0. The molecule has 2 aromatic carbocycles. The number of carbonyl (C=O) groups is 1. The van der Waals surface area contributed by atoms with Gasteiger partial charge >= 0.3 is 6.09 Å². The summed E-state index contributed by atoms with van der Waals surface area (Å²) in [5, 5.41) is 0.687. The number of benzene rings is 2. The van der Waals surface area contributed by atoms with Gasteiger partial charge in [-0.2, -0.15) is 0 Å². The zero-order valence-electron chi connectivity index (χ0n) is 20.4. The van der Waals surface area contributed by atoms with Gasteiger partial charge in [0, 0.05) is 18.2 Å². The molecule has 9 nitrogen and oxygen atoms in total. The largest absolute Gasteiger partial charge is 0.497 e. The standard InChI is InChI=1S/C26H26N4O5S2/c1-33-18-11-10-17(20(13-18)34-2)14-30-24(31)21-23(28-25(30)36)37-22(27-21)19-9-6-12-29(19)26(32)35-15-16-7-4-3-5-8-16/h3-5,7-8,10-11,13,19H,6,9,12,14-15H2,1-2H3,(H,28,36)/t19-/m1/s1. The average Bonchev–Trinajstić information content (AvgIpc) is 3.58. The van der Waals surface area contributed by atoms with Gasteiger partial charge in [0.05, 0.1) is 26.8 Å². The van der Waals surface area contributed by atoms with Gasteiger partial charge in [0.25, 0.3) is 5.56 Å². The van der Waals surface area contributed by atoms with Crippen molar-refractivity contribution in [3.05, 3.63) is 79.8 Å². The fourth-order valence-corrected chi connectivity index (χ4v) is 5.85. The number of rotatable bonds is 7. The number of nitrogens with zero attached hydrogens (tertiary/aromatic N) is 3. The van der Waals surface area contributed by atoms with Crippen LogP contribution in [0, 0.1) is 4.77 Å². The molecule has 1 atom stereocenters. The van der Waals surface area contributed by atoms with Crippen molar-refractivity contribution in [2.75, 3.05) is 20.8 Å². The molecule has 1 saturated heterocycles. The number of hydrogen-bond acceptors (Lipinski definition) is 8. The summed E-state index contributed by atoms with van der Waals surface area (Å²) in [6.07, 6.45) is 1.19. The molecule has 0 unspecified atom stereocenters. The molecule has 0 saturated carbocycles. The Morgan fingerprint density at radius 1 is 1.19 bits per heavy atom. The predicted octanol–water partition coefficient (Wildman–Crippen LogP) is 5.05. The highest BCUT2D eigenvalue weighted by Gasteiger charge is 2.34. The number of amides is 1. The Labute approximate surface area is 222 Å². The third-order valence-electron chi connectivity index (χ3n) is 6.36. The molecule has 192 valence electrons. The SMILES string of the molecule is COc1ccc(Cn2c(=S)[nH]c3sc([C@H]4CCCN4C(=O)OCc4ccccc4)nc3c2=O)c(OC)c1. The van der Waals surface area contributed by atoms with E-state index in [1.807, 2.05) is 36.4 Å². The summed E-state index contributed by atoms with van der Waals surface area (Å²) >= 11 is 6.87. The van der Waals surface area contributed by atoms with Crippen LogP contribution < -0.4 is 15.0 Å². The normalized spacial score (nSPS) is 15.2. The second kappa shape index (κ2) is 10.7. The lowest BCUT2D eigenvalue weighted by atomic mass is 10.2. The molecule has 1 aliphatic heterocycles. The minimum Gasteiger partial charge on any atom is -0.497 e. The summed E-state index contributed by atoms with van der Waals surface area (Å²) in [6, 6.07) is 14.7. The van der Waals surface area contributed by atoms with Gasteiger partial charge in [-0.05, 0) is 42.8 Å². The lowest BCUT2D eigenvalue weighted by molar-refractivity contribution is 0.0920. The van der Waals surface area contributed by atoms with E-state index >= 15 is 0 Å². The van der Waals surface area contributed by atoms with Gasteiger partial charge in [0.1, 0.15) is 27.9 Å². The van der Waals surface area contributed by atoms with Crippen LogP contribution >= 0.6 is 23.6 Å². The first-order valence-electron chi connectivity index (χ1n) is 11.8. The van der Waals surface area contributed by atoms with Crippen molar-refractivity contribution >= 4 is 40.0 Å². The summed E-state index contributed by atoms with van der Waals surface area (Å²) < 4.78 is 18.0. The number of H-pyrrole nitrogens is 1. The van der Waals surface area contributed by atoms with Crippen molar-refractivity contribution in [2.24, 2.45) is 0 Å². The molecule has 4 aromatic rings. The van der Waals surface area contributed by atoms with E-state index in [-0.39, 0.29) is 35.6 Å². The average molecular weight is 539 g/mol. The Morgan fingerprint density at radius 3 is 2.76 bits per heavy atom. The van der Waals surface area contributed by atoms with Crippen LogP contribution in [-0.2, 0) is 17.9 Å². The monoisotopic (exact) mass is 538 g/mol. The zero-order chi connectivity index (χ0) is 25.9. The lowest BCUT2D eigenvalue weighted by Crippen LogP contribution is -2.31. The number of carbonyl (C=O) groups excluding carboxylic acids is 1. The van der Waals surface area contributed by atoms with Crippen LogP contribution in [0.15, 0.2) is 53.3 Å². The highest BCUT2D eigenvalue weighted by molar-refractivity contribution is 7.71. The van der Waals surface area contributed by atoms with E-state index < -0.39 is 0 Å². The van der Waals surface area contributed by atoms with Crippen molar-refractivity contribution in [1.29, 1.82) is 0 Å². The van der Waals surface area contributed by atoms with E-state index in [0.29, 0.717) is 33.4 Å². The van der Waals surface area contributed by atoms with Crippen LogP contribution in [0.2, 0.25) is 0 Å². The van der Waals surface area contributed by atoms with Gasteiger partial charge in [-0.25, -0.2) is 9.78 Å². The fraction of sp³-hybridized carbons (Fsp3) is 0.308. The van der Waals surface area contributed by atoms with Crippen molar-refractivity contribution < 1.29 is 19.0 Å². The Bertz CT molecular complexity index is 1550. The Morgan fingerprint density at radius 2 is 2.00 bits per heavy atom. The van der Waals surface area contributed by atoms with E-state index in [4.69, 9.17) is 26.4 Å². The molecule has 0 bridgehead atoms. The van der Waals surface area contributed by atoms with E-state index in [1.165, 1.54) is 15.9 Å². The maximum atomic E-state index is 13.4. The van der Waals surface area contributed by atoms with Gasteiger partial charge in [0.2, 0.25) is 0 Å². The number of thiazole rings is 1. The van der Waals surface area contributed by atoms with Gasteiger partial charge in [0.15, 0.2) is 10.3 Å². The van der Waals surface area contributed by atoms with Crippen LogP contribution in [0.1, 0.15) is 35.0 Å². The van der Waals surface area contributed by atoms with E-state index in [1.54, 1.807) is 31.3 Å². The molecule has 37 heavy (non-hydrogen) atoms. The summed E-state index contributed by atoms with van der Waals surface area (Å²) in [5.74, 6) is 1.25. The third-order valence-corrected chi connectivity index (χ3v) is 7.75. The molecule has 0 spiro atoms. The Balaban J connectivity index is 1.40. The summed E-state index contributed by atoms with van der Waals surface area (Å²) in [6.45, 7) is 0.993. The molecule has 0 radical (unpaired) electrons. The van der Waals surface area contributed by atoms with Gasteiger partial charge < -0.3 is 19.2 Å². The van der Waals surface area contributed by atoms with Crippen LogP contribution in [-0.4, -0.2) is 46.3 Å². The second-order valence-corrected chi connectivity index (χ2v) is 10.0. The molecule has 5 rings (SSSR count). The van der Waals surface area contributed by atoms with Crippen LogP contribution in [0.5, 0.6) is 11.5 Å². The topological polar surface area (TPSA) is 98.7 Å². The smallest absolute Gasteiger partial charge is 0.410 e. The summed E-state index contributed by atoms with van der Waals surface area (Å²) in [5.41, 5.74) is 1.71. The molecule has 11 heteroatoms. The first-order valence-corrected chi connectivity index (χ1v) is 13.0. The number of aromatic amines is 1. The van der Waals surface area contributed by atoms with Crippen molar-refractivity contribution in [3.63, 3.8) is 0 Å². The van der Waals surface area contributed by atoms with Gasteiger partial charge in [-0.1, -0.05) is 41.7 Å². The number of aromatic nitrogens is 3. The molecular weight excluding hydrogens is 512 g/mol. The van der Waals surface area contributed by atoms with Gasteiger partial charge in [-0.15, -0.1) is 0 Å². The number of methoxy groups -OCH3 is 2. The molecule has 1 fully saturated rings.